The summed E-state index contributed by atoms with van der Waals surface area (Å²) in [5.41, 5.74) is 0.384. The molecule has 1 aromatic rings. The van der Waals surface area contributed by atoms with E-state index in [1.807, 2.05) is 0 Å². The second kappa shape index (κ2) is 1.82. The number of hydrogen-bond acceptors (Lipinski definition) is 1. The molecule has 0 amide bonds. The van der Waals surface area contributed by atoms with Gasteiger partial charge < -0.3 is 4.98 Å². The quantitative estimate of drug-likeness (QED) is 0.541. The number of aromatic amines is 1. The van der Waals surface area contributed by atoms with E-state index in [9.17, 15) is 4.79 Å². The first-order valence-corrected chi connectivity index (χ1v) is 2.36. The normalized spacial score (nSPS) is 10.9. The van der Waals surface area contributed by atoms with Crippen LogP contribution in [0, 0.1) is 0 Å². The highest BCUT2D eigenvalue weighted by atomic mass is 16.1. The second-order valence-electron chi connectivity index (χ2n) is 1.55. The molecule has 1 aromatic heterocycles. The van der Waals surface area contributed by atoms with Crippen molar-refractivity contribution < 1.29 is 6.17 Å². The number of ketones is 1. The molecule has 0 aliphatic rings. The minimum atomic E-state index is -0.0926. The molecule has 0 saturated carbocycles. The minimum absolute atomic E-state index is 0.0926. The number of aromatic nitrogens is 1. The van der Waals surface area contributed by atoms with E-state index in [-0.39, 0.29) is 11.8 Å². The Hall–Kier alpha value is -1.05. The van der Waals surface area contributed by atoms with Gasteiger partial charge in [0.25, 0.3) is 0 Å². The molecule has 0 atom stereocenters. The molecule has 8 heavy (non-hydrogen) atoms. The molecule has 1 rings (SSSR count). The van der Waals surface area contributed by atoms with Crippen LogP contribution < -0.4 is 0 Å². The van der Waals surface area contributed by atoms with Gasteiger partial charge in [-0.3, -0.25) is 4.79 Å². The summed E-state index contributed by atoms with van der Waals surface area (Å²) in [6.45, 7) is 1.43. The fraction of sp³-hybridized carbons (Fsp3) is 0.167. The maximum absolute atomic E-state index is 10.6. The molecule has 0 bridgehead atoms. The van der Waals surface area contributed by atoms with Gasteiger partial charge in [-0.1, -0.05) is 0 Å². The zero-order valence-electron chi connectivity index (χ0n) is 5.56. The third kappa shape index (κ3) is 0.780. The summed E-state index contributed by atoms with van der Waals surface area (Å²) in [6.07, 6.45) is 1.58. The number of hydrogen-bond donors (Lipinski definition) is 1. The lowest BCUT2D eigenvalue weighted by Crippen LogP contribution is -1.89. The van der Waals surface area contributed by atoms with Crippen LogP contribution >= 0.6 is 0 Å². The van der Waals surface area contributed by atoms with Crippen LogP contribution in [0.15, 0.2) is 18.3 Å². The molecule has 0 fully saturated rings. The van der Waals surface area contributed by atoms with E-state index in [1.165, 1.54) is 6.92 Å². The molecule has 0 spiro atoms. The van der Waals surface area contributed by atoms with Gasteiger partial charge in [0.05, 0.1) is 7.06 Å². The molecule has 0 radical (unpaired) electrons. The van der Waals surface area contributed by atoms with Gasteiger partial charge in [0.15, 0.2) is 5.78 Å². The van der Waals surface area contributed by atoms with Gasteiger partial charge in [0.2, 0.25) is 0 Å². The molecule has 42 valence electrons. The SMILES string of the molecule is [2H]c1cc[nH]c1C(C)=O. The third-order valence-corrected chi connectivity index (χ3v) is 0.891. The summed E-state index contributed by atoms with van der Waals surface area (Å²) in [5, 5.41) is 0. The average molecular weight is 110 g/mol. The van der Waals surface area contributed by atoms with Crippen LogP contribution in [0.4, 0.5) is 0 Å². The Balaban J connectivity index is 3.08. The number of Topliss-reactive ketones (excluding diaryl/α,β-unsaturated/α-hetero) is 1. The average Bonchev–Trinajstić information content (AvgIpc) is 2.13. The van der Waals surface area contributed by atoms with E-state index in [1.54, 1.807) is 12.3 Å². The van der Waals surface area contributed by atoms with Gasteiger partial charge in [-0.05, 0) is 12.1 Å². The van der Waals surface area contributed by atoms with Crippen molar-refractivity contribution >= 4 is 5.78 Å². The van der Waals surface area contributed by atoms with Crippen LogP contribution in [-0.2, 0) is 0 Å². The van der Waals surface area contributed by atoms with Gasteiger partial charge in [0, 0.05) is 13.1 Å². The van der Waals surface area contributed by atoms with Crippen molar-refractivity contribution in [2.24, 2.45) is 0 Å². The molecule has 0 aromatic carbocycles. The largest absolute Gasteiger partial charge is 0.359 e. The van der Waals surface area contributed by atoms with Crippen molar-refractivity contribution in [2.75, 3.05) is 0 Å². The summed E-state index contributed by atoms with van der Waals surface area (Å²) in [4.78, 5) is 13.2. The van der Waals surface area contributed by atoms with Gasteiger partial charge in [-0.2, -0.15) is 0 Å². The molecule has 2 nitrogen and oxygen atoms in total. The molecule has 1 N–H and O–H groups in total. The van der Waals surface area contributed by atoms with Crippen LogP contribution in [0.3, 0.4) is 0 Å². The highest BCUT2D eigenvalue weighted by molar-refractivity contribution is 5.92. The zero-order valence-corrected chi connectivity index (χ0v) is 4.56. The topological polar surface area (TPSA) is 32.9 Å². The molecule has 0 aliphatic carbocycles. The van der Waals surface area contributed by atoms with Crippen LogP contribution in [-0.4, -0.2) is 10.8 Å². The fourth-order valence-corrected chi connectivity index (χ4v) is 0.495. The van der Waals surface area contributed by atoms with Crippen molar-refractivity contribution in [3.8, 4) is 0 Å². The summed E-state index contributed by atoms with van der Waals surface area (Å²) in [5.74, 6) is -0.0926. The zero-order chi connectivity index (χ0) is 6.85. The summed E-state index contributed by atoms with van der Waals surface area (Å²) >= 11 is 0. The molecule has 0 saturated heterocycles. The number of carbonyl (C=O) groups excluding carboxylic acids is 1. The predicted octanol–water partition coefficient (Wildman–Crippen LogP) is 1.22. The molecular formula is C6H7NO. The lowest BCUT2D eigenvalue weighted by atomic mass is 10.3. The van der Waals surface area contributed by atoms with Gasteiger partial charge >= 0.3 is 0 Å². The number of H-pyrrole nitrogens is 1. The van der Waals surface area contributed by atoms with E-state index >= 15 is 0 Å². The Labute approximate surface area is 48.9 Å². The van der Waals surface area contributed by atoms with Gasteiger partial charge in [-0.15, -0.1) is 0 Å². The minimum Gasteiger partial charge on any atom is -0.359 e. The Kier molecular flexibility index (Phi) is 0.886. The first-order chi connectivity index (χ1) is 4.22. The lowest BCUT2D eigenvalue weighted by Gasteiger charge is -1.81. The van der Waals surface area contributed by atoms with Crippen LogP contribution in [0.25, 0.3) is 0 Å². The van der Waals surface area contributed by atoms with Crippen LogP contribution in [0.5, 0.6) is 0 Å². The van der Waals surface area contributed by atoms with E-state index in [0.717, 1.165) is 0 Å². The van der Waals surface area contributed by atoms with Gasteiger partial charge in [0.1, 0.15) is 0 Å². The van der Waals surface area contributed by atoms with Crippen LogP contribution in [0.1, 0.15) is 18.8 Å². The molecule has 0 unspecified atom stereocenters. The number of rotatable bonds is 1. The van der Waals surface area contributed by atoms with E-state index in [0.29, 0.717) is 5.69 Å². The fourth-order valence-electron chi connectivity index (χ4n) is 0.495. The first kappa shape index (κ1) is 3.89. The van der Waals surface area contributed by atoms with Crippen molar-refractivity contribution in [3.05, 3.63) is 24.0 Å². The predicted molar refractivity (Wildman–Crippen MR) is 30.8 cm³/mol. The first-order valence-electron chi connectivity index (χ1n) is 2.86. The Morgan fingerprint density at radius 2 is 2.75 bits per heavy atom. The van der Waals surface area contributed by atoms with E-state index in [2.05, 4.69) is 4.98 Å². The van der Waals surface area contributed by atoms with Crippen molar-refractivity contribution in [1.29, 1.82) is 0 Å². The van der Waals surface area contributed by atoms with Crippen molar-refractivity contribution in [2.45, 2.75) is 6.92 Å². The van der Waals surface area contributed by atoms with E-state index in [4.69, 9.17) is 1.37 Å². The van der Waals surface area contributed by atoms with E-state index < -0.39 is 0 Å². The smallest absolute Gasteiger partial charge is 0.175 e. The Morgan fingerprint density at radius 1 is 2.00 bits per heavy atom. The van der Waals surface area contributed by atoms with Crippen LogP contribution in [0.2, 0.25) is 0 Å². The molecule has 1 heterocycles. The van der Waals surface area contributed by atoms with Gasteiger partial charge in [-0.25, -0.2) is 0 Å². The van der Waals surface area contributed by atoms with Crippen molar-refractivity contribution in [1.82, 2.24) is 4.98 Å². The monoisotopic (exact) mass is 110 g/mol. The lowest BCUT2D eigenvalue weighted by molar-refractivity contribution is 0.101. The summed E-state index contributed by atoms with van der Waals surface area (Å²) < 4.78 is 7.13. The second-order valence-corrected chi connectivity index (χ2v) is 1.55. The Bertz CT molecular complexity index is 229. The highest BCUT2D eigenvalue weighted by Gasteiger charge is 1.94. The number of nitrogens with one attached hydrogen (secondary N) is 1. The molecular weight excluding hydrogens is 102 g/mol. The molecule has 0 aliphatic heterocycles. The van der Waals surface area contributed by atoms with Crippen molar-refractivity contribution in [3.63, 3.8) is 0 Å². The summed E-state index contributed by atoms with van der Waals surface area (Å²) in [6, 6.07) is 1.82. The molecule has 2 heteroatoms. The Morgan fingerprint density at radius 3 is 3.00 bits per heavy atom. The highest BCUT2D eigenvalue weighted by Crippen LogP contribution is 1.93. The maximum atomic E-state index is 10.6. The maximum Gasteiger partial charge on any atom is 0.175 e. The number of carbonyl (C=O) groups is 1. The standard InChI is InChI=1S/C6H7NO/c1-5(8)6-3-2-4-7-6/h2-4,7H,1H3/i3D. The summed E-state index contributed by atoms with van der Waals surface area (Å²) in [7, 11) is 0. The third-order valence-electron chi connectivity index (χ3n) is 0.891.